The molecule has 0 atom stereocenters. The molecule has 0 N–H and O–H groups in total. The van der Waals surface area contributed by atoms with Crippen LogP contribution in [0.25, 0.3) is 0 Å². The maximum absolute atomic E-state index is 10.9. The third kappa shape index (κ3) is 1.80. The summed E-state index contributed by atoms with van der Waals surface area (Å²) in [6.07, 6.45) is 1.15. The molecule has 0 unspecified atom stereocenters. The minimum Gasteiger partial charge on any atom is -0.463 e. The third-order valence-electron chi connectivity index (χ3n) is 1.20. The minimum atomic E-state index is -0.479. The molecule has 4 nitrogen and oxygen atoms in total. The van der Waals surface area contributed by atoms with Gasteiger partial charge in [0.2, 0.25) is 0 Å². The van der Waals surface area contributed by atoms with E-state index in [4.69, 9.17) is 0 Å². The number of carbonyl (C=O) groups excluding carboxylic acids is 2. The number of carbonyl (C=O) groups is 2. The van der Waals surface area contributed by atoms with E-state index < -0.39 is 11.9 Å². The predicted octanol–water partition coefficient (Wildman–Crippen LogP) is 0.0327. The minimum absolute atomic E-state index is 0.0394. The Bertz CT molecular complexity index is 216. The first kappa shape index (κ1) is 7.78. The van der Waals surface area contributed by atoms with Crippen molar-refractivity contribution in [3.05, 3.63) is 11.6 Å². The van der Waals surface area contributed by atoms with Gasteiger partial charge in [-0.25, -0.2) is 9.59 Å². The highest BCUT2D eigenvalue weighted by Gasteiger charge is 2.20. The predicted molar refractivity (Wildman–Crippen MR) is 35.7 cm³/mol. The maximum atomic E-state index is 10.9. The fourth-order valence-corrected chi connectivity index (χ4v) is 0.716. The van der Waals surface area contributed by atoms with Crippen LogP contribution in [-0.4, -0.2) is 25.2 Å². The lowest BCUT2D eigenvalue weighted by Gasteiger charge is -1.98. The second-order valence-corrected chi connectivity index (χ2v) is 2.00. The van der Waals surface area contributed by atoms with Crippen LogP contribution in [0.1, 0.15) is 6.92 Å². The quantitative estimate of drug-likeness (QED) is 0.529. The van der Waals surface area contributed by atoms with Crippen LogP contribution in [0.3, 0.4) is 0 Å². The second kappa shape index (κ2) is 3.18. The highest BCUT2D eigenvalue weighted by atomic mass is 16.6. The maximum Gasteiger partial charge on any atom is 0.337 e. The summed E-state index contributed by atoms with van der Waals surface area (Å²) in [6.45, 7) is 2.05. The summed E-state index contributed by atoms with van der Waals surface area (Å²) in [5.41, 5.74) is 0.289. The van der Waals surface area contributed by atoms with Crippen LogP contribution in [0.5, 0.6) is 0 Å². The molecule has 1 heterocycles. The average molecular weight is 156 g/mol. The Hall–Kier alpha value is -1.32. The highest BCUT2D eigenvalue weighted by molar-refractivity contribution is 5.99. The molecule has 0 aliphatic carbocycles. The van der Waals surface area contributed by atoms with Gasteiger partial charge in [-0.2, -0.15) is 0 Å². The normalized spacial score (nSPS) is 15.7. The summed E-state index contributed by atoms with van der Waals surface area (Å²) < 4.78 is 9.14. The number of ether oxygens (including phenoxy) is 2. The molecule has 0 aromatic heterocycles. The highest BCUT2D eigenvalue weighted by Crippen LogP contribution is 2.07. The van der Waals surface area contributed by atoms with Gasteiger partial charge in [-0.15, -0.1) is 0 Å². The van der Waals surface area contributed by atoms with Crippen LogP contribution in [0.2, 0.25) is 0 Å². The van der Waals surface area contributed by atoms with Gasteiger partial charge in [-0.1, -0.05) is 0 Å². The zero-order chi connectivity index (χ0) is 8.27. The first-order chi connectivity index (χ1) is 5.24. The Balaban J connectivity index is 2.54. The van der Waals surface area contributed by atoms with Crippen LogP contribution < -0.4 is 0 Å². The molecule has 1 rings (SSSR count). The molecule has 4 heteroatoms. The first-order valence-corrected chi connectivity index (χ1v) is 3.28. The molecular formula is C7H8O4. The molecule has 1 aliphatic rings. The van der Waals surface area contributed by atoms with E-state index >= 15 is 0 Å². The van der Waals surface area contributed by atoms with Crippen LogP contribution in [-0.2, 0) is 19.1 Å². The van der Waals surface area contributed by atoms with E-state index in [1.165, 1.54) is 0 Å². The molecule has 0 aromatic carbocycles. The van der Waals surface area contributed by atoms with E-state index in [9.17, 15) is 9.59 Å². The van der Waals surface area contributed by atoms with Gasteiger partial charge in [0.15, 0.2) is 0 Å². The van der Waals surface area contributed by atoms with E-state index in [1.807, 2.05) is 0 Å². The van der Waals surface area contributed by atoms with Crippen molar-refractivity contribution < 1.29 is 19.1 Å². The van der Waals surface area contributed by atoms with Crippen molar-refractivity contribution in [3.63, 3.8) is 0 Å². The van der Waals surface area contributed by atoms with E-state index in [-0.39, 0.29) is 12.2 Å². The molecule has 0 aromatic rings. The summed E-state index contributed by atoms with van der Waals surface area (Å²) >= 11 is 0. The van der Waals surface area contributed by atoms with Crippen LogP contribution in [0, 0.1) is 0 Å². The molecule has 11 heavy (non-hydrogen) atoms. The molecule has 1 aliphatic heterocycles. The smallest absolute Gasteiger partial charge is 0.337 e. The molecule has 0 amide bonds. The van der Waals surface area contributed by atoms with Crippen molar-refractivity contribution in [1.82, 2.24) is 0 Å². The van der Waals surface area contributed by atoms with E-state index in [1.54, 1.807) is 6.92 Å². The molecule has 0 radical (unpaired) electrons. The van der Waals surface area contributed by atoms with Gasteiger partial charge in [-0.3, -0.25) is 0 Å². The third-order valence-corrected chi connectivity index (χ3v) is 1.20. The number of esters is 2. The summed E-state index contributed by atoms with van der Waals surface area (Å²) in [5, 5.41) is 0. The van der Waals surface area contributed by atoms with Crippen molar-refractivity contribution in [1.29, 1.82) is 0 Å². The average Bonchev–Trinajstić information content (AvgIpc) is 2.36. The Morgan fingerprint density at radius 1 is 1.82 bits per heavy atom. The summed E-state index contributed by atoms with van der Waals surface area (Å²) in [6, 6.07) is 0. The Labute approximate surface area is 63.8 Å². The molecule has 0 saturated heterocycles. The number of cyclic esters (lactones) is 1. The van der Waals surface area contributed by atoms with E-state index in [2.05, 4.69) is 9.47 Å². The fraction of sp³-hybridized carbons (Fsp3) is 0.429. The molecule has 0 saturated carbocycles. The Kier molecular flexibility index (Phi) is 2.25. The van der Waals surface area contributed by atoms with Gasteiger partial charge in [0, 0.05) is 6.08 Å². The summed E-state index contributed by atoms with van der Waals surface area (Å²) in [4.78, 5) is 21.3. The SMILES string of the molecule is CCOC(=O)C1=CC(=O)OC1. The van der Waals surface area contributed by atoms with Gasteiger partial charge in [0.25, 0.3) is 0 Å². The van der Waals surface area contributed by atoms with Gasteiger partial charge >= 0.3 is 11.9 Å². The molecule has 60 valence electrons. The van der Waals surface area contributed by atoms with Crippen molar-refractivity contribution in [2.75, 3.05) is 13.2 Å². The first-order valence-electron chi connectivity index (χ1n) is 3.28. The van der Waals surface area contributed by atoms with Crippen LogP contribution in [0.15, 0.2) is 11.6 Å². The van der Waals surface area contributed by atoms with Crippen LogP contribution in [0.4, 0.5) is 0 Å². The topological polar surface area (TPSA) is 52.6 Å². The Morgan fingerprint density at radius 3 is 3.00 bits per heavy atom. The Morgan fingerprint density at radius 2 is 2.55 bits per heavy atom. The lowest BCUT2D eigenvalue weighted by Crippen LogP contribution is -2.08. The molecular weight excluding hydrogens is 148 g/mol. The zero-order valence-electron chi connectivity index (χ0n) is 6.12. The fourth-order valence-electron chi connectivity index (χ4n) is 0.716. The molecule has 0 bridgehead atoms. The van der Waals surface area contributed by atoms with Gasteiger partial charge in [-0.05, 0) is 6.92 Å². The molecule has 0 fully saturated rings. The van der Waals surface area contributed by atoms with Gasteiger partial charge in [0.1, 0.15) is 6.61 Å². The monoisotopic (exact) mass is 156 g/mol. The lowest BCUT2D eigenvalue weighted by molar-refractivity contribution is -0.139. The van der Waals surface area contributed by atoms with Gasteiger partial charge < -0.3 is 9.47 Å². The number of rotatable bonds is 2. The van der Waals surface area contributed by atoms with Crippen molar-refractivity contribution in [2.45, 2.75) is 6.92 Å². The second-order valence-electron chi connectivity index (χ2n) is 2.00. The van der Waals surface area contributed by atoms with Crippen molar-refractivity contribution in [2.24, 2.45) is 0 Å². The number of hydrogen-bond acceptors (Lipinski definition) is 4. The van der Waals surface area contributed by atoms with E-state index in [0.29, 0.717) is 6.61 Å². The van der Waals surface area contributed by atoms with Crippen molar-refractivity contribution in [3.8, 4) is 0 Å². The zero-order valence-corrected chi connectivity index (χ0v) is 6.12. The van der Waals surface area contributed by atoms with Gasteiger partial charge in [0.05, 0.1) is 12.2 Å². The van der Waals surface area contributed by atoms with E-state index in [0.717, 1.165) is 6.08 Å². The van der Waals surface area contributed by atoms with Crippen molar-refractivity contribution >= 4 is 11.9 Å². The lowest BCUT2D eigenvalue weighted by atomic mass is 10.3. The molecule has 0 spiro atoms. The number of hydrogen-bond donors (Lipinski definition) is 0. The summed E-state index contributed by atoms with van der Waals surface area (Å²) in [5.74, 6) is -0.952. The summed E-state index contributed by atoms with van der Waals surface area (Å²) in [7, 11) is 0. The standard InChI is InChI=1S/C7H8O4/c1-2-10-7(9)5-3-6(8)11-4-5/h3H,2,4H2,1H3. The largest absolute Gasteiger partial charge is 0.463 e. The van der Waals surface area contributed by atoms with Crippen LogP contribution >= 0.6 is 0 Å².